The first-order valence-corrected chi connectivity index (χ1v) is 13.5. The van der Waals surface area contributed by atoms with E-state index < -0.39 is 0 Å². The summed E-state index contributed by atoms with van der Waals surface area (Å²) in [7, 11) is 0. The van der Waals surface area contributed by atoms with Gasteiger partial charge < -0.3 is 5.32 Å². The zero-order valence-electron chi connectivity index (χ0n) is 20.5. The lowest BCUT2D eigenvalue weighted by Gasteiger charge is -2.36. The second-order valence-electron chi connectivity index (χ2n) is 10.3. The summed E-state index contributed by atoms with van der Waals surface area (Å²) in [5.74, 6) is 0.598. The summed E-state index contributed by atoms with van der Waals surface area (Å²) >= 11 is 7.92. The lowest BCUT2D eigenvalue weighted by atomic mass is 9.69. The van der Waals surface area contributed by atoms with Crippen molar-refractivity contribution in [2.45, 2.75) is 53.0 Å². The van der Waals surface area contributed by atoms with Gasteiger partial charge in [-0.1, -0.05) is 57.0 Å². The number of nitrogens with zero attached hydrogens (tertiary/aromatic N) is 3. The molecule has 1 saturated heterocycles. The van der Waals surface area contributed by atoms with Crippen molar-refractivity contribution in [2.75, 3.05) is 38.0 Å². The Balaban J connectivity index is 1.32. The van der Waals surface area contributed by atoms with Crippen LogP contribution in [0.25, 0.3) is 0 Å². The predicted octanol–water partition coefficient (Wildman–Crippen LogP) is 5.57. The number of carbonyl (C=O) groups is 1. The van der Waals surface area contributed by atoms with Crippen molar-refractivity contribution >= 4 is 33.8 Å². The quantitative estimate of drug-likeness (QED) is 0.542. The number of fused-ring (bicyclic) bond motifs is 1. The fourth-order valence-electron chi connectivity index (χ4n) is 5.09. The van der Waals surface area contributed by atoms with E-state index in [1.807, 2.05) is 18.2 Å². The highest BCUT2D eigenvalue weighted by Gasteiger charge is 2.34. The molecule has 1 N–H and O–H groups in total. The largest absolute Gasteiger partial charge is 0.315 e. The van der Waals surface area contributed by atoms with Gasteiger partial charge in [-0.15, -0.1) is 11.3 Å². The lowest BCUT2D eigenvalue weighted by Crippen LogP contribution is -2.48. The van der Waals surface area contributed by atoms with E-state index in [1.54, 1.807) is 11.3 Å². The van der Waals surface area contributed by atoms with Crippen LogP contribution in [0.3, 0.4) is 0 Å². The molecule has 1 aromatic heterocycles. The molecule has 0 bridgehead atoms. The third kappa shape index (κ3) is 5.66. The molecule has 1 fully saturated rings. The fourth-order valence-corrected chi connectivity index (χ4v) is 6.58. The number of carbonyl (C=O) groups excluding carboxylic acids is 1. The van der Waals surface area contributed by atoms with E-state index in [4.69, 9.17) is 11.6 Å². The maximum absolute atomic E-state index is 12.9. The number of nitrogens with one attached hydrogen (secondary N) is 1. The average Bonchev–Trinajstić information content (AvgIpc) is 3.17. The van der Waals surface area contributed by atoms with Crippen molar-refractivity contribution in [3.8, 4) is 6.07 Å². The van der Waals surface area contributed by atoms with Gasteiger partial charge in [0.1, 0.15) is 11.1 Å². The number of rotatable bonds is 7. The molecular formula is C27H35ClN4OS. The van der Waals surface area contributed by atoms with E-state index in [0.29, 0.717) is 23.4 Å². The van der Waals surface area contributed by atoms with Crippen molar-refractivity contribution in [3.05, 3.63) is 50.9 Å². The van der Waals surface area contributed by atoms with Crippen LogP contribution in [-0.4, -0.2) is 48.4 Å². The van der Waals surface area contributed by atoms with Gasteiger partial charge in [0.05, 0.1) is 12.1 Å². The van der Waals surface area contributed by atoms with E-state index in [-0.39, 0.29) is 5.91 Å². The van der Waals surface area contributed by atoms with Crippen LogP contribution < -0.4 is 5.32 Å². The summed E-state index contributed by atoms with van der Waals surface area (Å²) in [5, 5.41) is 14.4. The number of piperazine rings is 1. The maximum atomic E-state index is 12.9. The van der Waals surface area contributed by atoms with Gasteiger partial charge in [-0.2, -0.15) is 5.26 Å². The first-order chi connectivity index (χ1) is 16.3. The molecule has 1 amide bonds. The number of halogens is 1. The first kappa shape index (κ1) is 25.2. The van der Waals surface area contributed by atoms with Crippen molar-refractivity contribution < 1.29 is 4.79 Å². The van der Waals surface area contributed by atoms with Gasteiger partial charge >= 0.3 is 0 Å². The second-order valence-corrected chi connectivity index (χ2v) is 11.8. The van der Waals surface area contributed by atoms with Crippen LogP contribution in [0, 0.1) is 22.7 Å². The van der Waals surface area contributed by atoms with Gasteiger partial charge in [0.2, 0.25) is 5.91 Å². The van der Waals surface area contributed by atoms with Crippen LogP contribution in [0.5, 0.6) is 0 Å². The molecule has 2 aliphatic rings. The second kappa shape index (κ2) is 10.8. The third-order valence-electron chi connectivity index (χ3n) is 7.83. The van der Waals surface area contributed by atoms with Crippen LogP contribution in [0.15, 0.2) is 24.3 Å². The summed E-state index contributed by atoms with van der Waals surface area (Å²) in [6, 6.07) is 10.4. The van der Waals surface area contributed by atoms with E-state index in [1.165, 1.54) is 10.4 Å². The van der Waals surface area contributed by atoms with Crippen LogP contribution >= 0.6 is 22.9 Å². The predicted molar refractivity (Wildman–Crippen MR) is 140 cm³/mol. The normalized spacial score (nSPS) is 19.4. The molecule has 0 spiro atoms. The van der Waals surface area contributed by atoms with Crippen molar-refractivity contribution in [1.82, 2.24) is 9.80 Å². The van der Waals surface area contributed by atoms with E-state index >= 15 is 0 Å². The van der Waals surface area contributed by atoms with Crippen molar-refractivity contribution in [3.63, 3.8) is 0 Å². The highest BCUT2D eigenvalue weighted by molar-refractivity contribution is 7.16. The smallest absolute Gasteiger partial charge is 0.239 e. The summed E-state index contributed by atoms with van der Waals surface area (Å²) in [4.78, 5) is 18.7. The van der Waals surface area contributed by atoms with Crippen molar-refractivity contribution in [1.29, 1.82) is 5.26 Å². The Labute approximate surface area is 212 Å². The molecule has 7 heteroatoms. The van der Waals surface area contributed by atoms with E-state index in [0.717, 1.165) is 74.0 Å². The number of amides is 1. The van der Waals surface area contributed by atoms with E-state index in [2.05, 4.69) is 48.0 Å². The summed E-state index contributed by atoms with van der Waals surface area (Å²) < 4.78 is 0. The summed E-state index contributed by atoms with van der Waals surface area (Å²) in [6.45, 7) is 11.6. The Morgan fingerprint density at radius 1 is 1.24 bits per heavy atom. The number of thiophene rings is 1. The van der Waals surface area contributed by atoms with Gasteiger partial charge in [0, 0.05) is 42.6 Å². The monoisotopic (exact) mass is 498 g/mol. The molecule has 34 heavy (non-hydrogen) atoms. The minimum absolute atomic E-state index is 0.0277. The molecule has 1 aromatic carbocycles. The highest BCUT2D eigenvalue weighted by atomic mass is 35.5. The number of hydrogen-bond acceptors (Lipinski definition) is 5. The Kier molecular flexibility index (Phi) is 7.99. The molecule has 1 atom stereocenters. The Morgan fingerprint density at radius 3 is 2.62 bits per heavy atom. The zero-order chi connectivity index (χ0) is 24.3. The first-order valence-electron chi connectivity index (χ1n) is 12.3. The molecular weight excluding hydrogens is 464 g/mol. The average molecular weight is 499 g/mol. The SMILES string of the molecule is CCC(C)(C)C1CCc2c(sc(NC(=O)CN3CCN(Cc4ccccc4Cl)CC3)c2C#N)C1. The fraction of sp³-hybridized carbons (Fsp3) is 0.556. The van der Waals surface area contributed by atoms with Gasteiger partial charge in [-0.25, -0.2) is 0 Å². The number of nitriles is 1. The molecule has 1 unspecified atom stereocenters. The van der Waals surface area contributed by atoms with E-state index in [9.17, 15) is 10.1 Å². The molecule has 4 rings (SSSR count). The molecule has 1 aliphatic carbocycles. The van der Waals surface area contributed by atoms with Crippen LogP contribution in [0.4, 0.5) is 5.00 Å². The molecule has 182 valence electrons. The highest BCUT2D eigenvalue weighted by Crippen LogP contribution is 2.45. The Hall–Kier alpha value is -1.91. The lowest BCUT2D eigenvalue weighted by molar-refractivity contribution is -0.117. The minimum Gasteiger partial charge on any atom is -0.315 e. The zero-order valence-corrected chi connectivity index (χ0v) is 22.1. The van der Waals surface area contributed by atoms with Gasteiger partial charge in [-0.3, -0.25) is 14.6 Å². The standard InChI is InChI=1S/C27H35ClN4OS/c1-4-27(2,3)20-9-10-21-22(16-29)26(34-24(21)15-20)30-25(33)18-32-13-11-31(12-14-32)17-19-7-5-6-8-23(19)28/h5-8,20H,4,9-15,17-18H2,1-3H3,(H,30,33). The van der Waals surface area contributed by atoms with Crippen LogP contribution in [-0.2, 0) is 24.2 Å². The molecule has 1 aliphatic heterocycles. The number of hydrogen-bond donors (Lipinski definition) is 1. The molecule has 2 aromatic rings. The van der Waals surface area contributed by atoms with Crippen LogP contribution in [0.1, 0.15) is 55.2 Å². The topological polar surface area (TPSA) is 59.4 Å². The Morgan fingerprint density at radius 2 is 1.94 bits per heavy atom. The molecule has 0 radical (unpaired) electrons. The van der Waals surface area contributed by atoms with Crippen LogP contribution in [0.2, 0.25) is 5.02 Å². The number of anilines is 1. The van der Waals surface area contributed by atoms with Crippen molar-refractivity contribution in [2.24, 2.45) is 11.3 Å². The Bertz CT molecular complexity index is 1070. The van der Waals surface area contributed by atoms with Gasteiger partial charge in [-0.05, 0) is 47.8 Å². The van der Waals surface area contributed by atoms with Gasteiger partial charge in [0.15, 0.2) is 0 Å². The molecule has 5 nitrogen and oxygen atoms in total. The van der Waals surface area contributed by atoms with Gasteiger partial charge in [0.25, 0.3) is 0 Å². The third-order valence-corrected chi connectivity index (χ3v) is 9.37. The molecule has 0 saturated carbocycles. The summed E-state index contributed by atoms with van der Waals surface area (Å²) in [6.07, 6.45) is 4.22. The molecule has 2 heterocycles. The summed E-state index contributed by atoms with van der Waals surface area (Å²) in [5.41, 5.74) is 3.29. The minimum atomic E-state index is -0.0277. The number of benzene rings is 1. The maximum Gasteiger partial charge on any atom is 0.239 e.